The number of anilines is 2. The number of aromatic nitrogens is 5. The number of fused-ring (bicyclic) bond motifs is 1. The molecule has 0 aliphatic rings. The van der Waals surface area contributed by atoms with E-state index >= 15 is 0 Å². The number of carbonyl (C=O) groups is 1. The predicted octanol–water partition coefficient (Wildman–Crippen LogP) is 4.51. The van der Waals surface area contributed by atoms with Crippen molar-refractivity contribution in [2.24, 2.45) is 0 Å². The van der Waals surface area contributed by atoms with Crippen molar-refractivity contribution < 1.29 is 14.3 Å². The summed E-state index contributed by atoms with van der Waals surface area (Å²) >= 11 is 0. The van der Waals surface area contributed by atoms with E-state index in [1.54, 1.807) is 55.4 Å². The number of rotatable bonds is 6. The monoisotopic (exact) mass is 467 g/mol. The number of urea groups is 1. The fraction of sp³-hybridized carbons (Fsp3) is 0.0800. The molecule has 0 aliphatic carbocycles. The van der Waals surface area contributed by atoms with Crippen LogP contribution >= 0.6 is 0 Å². The molecule has 0 saturated carbocycles. The highest BCUT2D eigenvalue weighted by Gasteiger charge is 2.12. The largest absolute Gasteiger partial charge is 0.497 e. The number of pyridine rings is 1. The second-order valence-corrected chi connectivity index (χ2v) is 7.51. The molecule has 5 rings (SSSR count). The van der Waals surface area contributed by atoms with E-state index in [-0.39, 0.29) is 0 Å². The third kappa shape index (κ3) is 4.71. The van der Waals surface area contributed by atoms with Crippen molar-refractivity contribution in [3.63, 3.8) is 0 Å². The van der Waals surface area contributed by atoms with Gasteiger partial charge in [0.05, 0.1) is 19.9 Å². The number of hydrogen-bond donors (Lipinski definition) is 2. The number of benzene rings is 2. The molecular formula is C25H21N7O3. The van der Waals surface area contributed by atoms with Crippen molar-refractivity contribution in [1.29, 1.82) is 0 Å². The van der Waals surface area contributed by atoms with Gasteiger partial charge in [-0.05, 0) is 36.4 Å². The lowest BCUT2D eigenvalue weighted by atomic mass is 10.1. The van der Waals surface area contributed by atoms with Crippen molar-refractivity contribution in [2.45, 2.75) is 0 Å². The van der Waals surface area contributed by atoms with Crippen molar-refractivity contribution >= 4 is 23.1 Å². The SMILES string of the molecule is COc1cc(NC(=O)Nc2cccc(-c3ccc4nnc(-c5ccncc5)n4n3)c2)cc(OC)c1. The van der Waals surface area contributed by atoms with E-state index in [9.17, 15) is 4.79 Å². The molecule has 0 bridgehead atoms. The Morgan fingerprint density at radius 2 is 1.54 bits per heavy atom. The van der Waals surface area contributed by atoms with Crippen LogP contribution in [-0.4, -0.2) is 45.0 Å². The maximum absolute atomic E-state index is 12.6. The van der Waals surface area contributed by atoms with E-state index in [2.05, 4.69) is 25.8 Å². The summed E-state index contributed by atoms with van der Waals surface area (Å²) in [6.07, 6.45) is 3.39. The molecule has 0 aliphatic heterocycles. The van der Waals surface area contributed by atoms with Gasteiger partial charge in [0.2, 0.25) is 0 Å². The summed E-state index contributed by atoms with van der Waals surface area (Å²) in [5.41, 5.74) is 4.16. The topological polar surface area (TPSA) is 116 Å². The molecule has 3 heterocycles. The van der Waals surface area contributed by atoms with Gasteiger partial charge < -0.3 is 20.1 Å². The van der Waals surface area contributed by atoms with Crippen LogP contribution in [0.2, 0.25) is 0 Å². The van der Waals surface area contributed by atoms with E-state index < -0.39 is 6.03 Å². The minimum atomic E-state index is -0.403. The van der Waals surface area contributed by atoms with Crippen LogP contribution in [0.1, 0.15) is 0 Å². The van der Waals surface area contributed by atoms with Gasteiger partial charge in [-0.25, -0.2) is 4.79 Å². The first-order valence-corrected chi connectivity index (χ1v) is 10.7. The smallest absolute Gasteiger partial charge is 0.323 e. The Bertz CT molecular complexity index is 1480. The molecule has 5 aromatic rings. The lowest BCUT2D eigenvalue weighted by molar-refractivity contribution is 0.262. The second kappa shape index (κ2) is 9.48. The molecule has 3 aromatic heterocycles. The molecule has 0 saturated heterocycles. The van der Waals surface area contributed by atoms with Crippen molar-refractivity contribution in [3.8, 4) is 34.1 Å². The molecule has 0 fully saturated rings. The van der Waals surface area contributed by atoms with Gasteiger partial charge in [-0.3, -0.25) is 4.98 Å². The Kier molecular flexibility index (Phi) is 5.91. The molecule has 2 amide bonds. The van der Waals surface area contributed by atoms with Crippen LogP contribution in [0.5, 0.6) is 11.5 Å². The maximum atomic E-state index is 12.6. The Hall–Kier alpha value is -4.99. The number of nitrogens with one attached hydrogen (secondary N) is 2. The highest BCUT2D eigenvalue weighted by Crippen LogP contribution is 2.27. The number of amides is 2. The summed E-state index contributed by atoms with van der Waals surface area (Å²) in [5.74, 6) is 1.76. The van der Waals surface area contributed by atoms with Crippen LogP contribution in [-0.2, 0) is 0 Å². The number of nitrogens with zero attached hydrogens (tertiary/aromatic N) is 5. The van der Waals surface area contributed by atoms with E-state index in [1.807, 2.05) is 42.5 Å². The van der Waals surface area contributed by atoms with Gasteiger partial charge in [-0.1, -0.05) is 12.1 Å². The zero-order chi connectivity index (χ0) is 24.2. The minimum absolute atomic E-state index is 0.403. The quantitative estimate of drug-likeness (QED) is 0.377. The first-order chi connectivity index (χ1) is 17.1. The fourth-order valence-electron chi connectivity index (χ4n) is 3.55. The molecule has 0 unspecified atom stereocenters. The molecular weight excluding hydrogens is 446 g/mol. The number of ether oxygens (including phenoxy) is 2. The molecule has 174 valence electrons. The predicted molar refractivity (Wildman–Crippen MR) is 132 cm³/mol. The first-order valence-electron chi connectivity index (χ1n) is 10.7. The van der Waals surface area contributed by atoms with Gasteiger partial charge >= 0.3 is 6.03 Å². The summed E-state index contributed by atoms with van der Waals surface area (Å²) in [6, 6.07) is 19.6. The Morgan fingerprint density at radius 3 is 2.29 bits per heavy atom. The van der Waals surface area contributed by atoms with E-state index in [0.717, 1.165) is 11.1 Å². The van der Waals surface area contributed by atoms with Gasteiger partial charge in [-0.2, -0.15) is 9.61 Å². The van der Waals surface area contributed by atoms with Crippen LogP contribution in [0.15, 0.2) is 79.1 Å². The van der Waals surface area contributed by atoms with Gasteiger partial charge in [-0.15, -0.1) is 10.2 Å². The standard InChI is InChI=1S/C25H21N7O3/c1-34-20-13-19(14-21(15-20)35-2)28-25(33)27-18-5-3-4-17(12-18)22-6-7-23-29-30-24(32(23)31-22)16-8-10-26-11-9-16/h3-15H,1-2H3,(H2,27,28,33). The Balaban J connectivity index is 1.38. The van der Waals surface area contributed by atoms with Crippen LogP contribution < -0.4 is 20.1 Å². The highest BCUT2D eigenvalue weighted by atomic mass is 16.5. The third-order valence-corrected chi connectivity index (χ3v) is 5.23. The van der Waals surface area contributed by atoms with Crippen molar-refractivity contribution in [2.75, 3.05) is 24.9 Å². The van der Waals surface area contributed by atoms with Crippen molar-refractivity contribution in [1.82, 2.24) is 24.8 Å². The zero-order valence-electron chi connectivity index (χ0n) is 19.0. The lowest BCUT2D eigenvalue weighted by Crippen LogP contribution is -2.19. The third-order valence-electron chi connectivity index (χ3n) is 5.23. The highest BCUT2D eigenvalue weighted by molar-refractivity contribution is 6.00. The van der Waals surface area contributed by atoms with E-state index in [1.165, 1.54) is 0 Å². The second-order valence-electron chi connectivity index (χ2n) is 7.51. The normalized spacial score (nSPS) is 10.7. The summed E-state index contributed by atoms with van der Waals surface area (Å²) < 4.78 is 12.2. The molecule has 2 aromatic carbocycles. The fourth-order valence-corrected chi connectivity index (χ4v) is 3.55. The van der Waals surface area contributed by atoms with Crippen LogP contribution in [0.25, 0.3) is 28.3 Å². The molecule has 2 N–H and O–H groups in total. The summed E-state index contributed by atoms with van der Waals surface area (Å²) in [7, 11) is 3.10. The Labute approximate surface area is 200 Å². The number of methoxy groups -OCH3 is 2. The van der Waals surface area contributed by atoms with Crippen LogP contribution in [0.4, 0.5) is 16.2 Å². The molecule has 0 atom stereocenters. The lowest BCUT2D eigenvalue weighted by Gasteiger charge is -2.11. The average molecular weight is 467 g/mol. The molecule has 0 spiro atoms. The molecule has 0 radical (unpaired) electrons. The zero-order valence-corrected chi connectivity index (χ0v) is 19.0. The van der Waals surface area contributed by atoms with Gasteiger partial charge in [0.25, 0.3) is 0 Å². The summed E-state index contributed by atoms with van der Waals surface area (Å²) in [6.45, 7) is 0. The van der Waals surface area contributed by atoms with Crippen LogP contribution in [0.3, 0.4) is 0 Å². The van der Waals surface area contributed by atoms with Gasteiger partial charge in [0.1, 0.15) is 11.5 Å². The first kappa shape index (κ1) is 21.8. The Morgan fingerprint density at radius 1 is 0.800 bits per heavy atom. The van der Waals surface area contributed by atoms with Gasteiger partial charge in [0, 0.05) is 53.1 Å². The molecule has 10 heteroatoms. The van der Waals surface area contributed by atoms with Gasteiger partial charge in [0.15, 0.2) is 11.5 Å². The number of carbonyl (C=O) groups excluding carboxylic acids is 1. The number of hydrogen-bond acceptors (Lipinski definition) is 7. The molecule has 35 heavy (non-hydrogen) atoms. The van der Waals surface area contributed by atoms with E-state index in [4.69, 9.17) is 14.6 Å². The average Bonchev–Trinajstić information content (AvgIpc) is 3.32. The maximum Gasteiger partial charge on any atom is 0.323 e. The van der Waals surface area contributed by atoms with Crippen LogP contribution in [0, 0.1) is 0 Å². The molecule has 10 nitrogen and oxygen atoms in total. The minimum Gasteiger partial charge on any atom is -0.497 e. The summed E-state index contributed by atoms with van der Waals surface area (Å²) in [5, 5.41) is 18.8. The van der Waals surface area contributed by atoms with Crippen molar-refractivity contribution in [3.05, 3.63) is 79.1 Å². The van der Waals surface area contributed by atoms with E-state index in [0.29, 0.717) is 40.0 Å². The summed E-state index contributed by atoms with van der Waals surface area (Å²) in [4.78, 5) is 16.7.